The number of rotatable bonds is 9. The molecule has 0 amide bonds. The number of aliphatic hydroxyl groups excluding tert-OH is 1. The quantitative estimate of drug-likeness (QED) is 0.343. The number of hydrogen-bond donors (Lipinski definition) is 3. The maximum Gasteiger partial charge on any atom is 0.396 e. The lowest BCUT2D eigenvalue weighted by atomic mass is 9.60. The molecule has 0 radical (unpaired) electrons. The molecule has 7 unspecified atom stereocenters. The molecule has 0 spiro atoms. The van der Waals surface area contributed by atoms with E-state index in [0.717, 1.165) is 19.4 Å². The lowest BCUT2D eigenvalue weighted by Crippen LogP contribution is -2.57. The largest absolute Gasteiger partial charge is 0.396 e. The Morgan fingerprint density at radius 2 is 1.67 bits per heavy atom. The average Bonchev–Trinajstić information content (AvgIpc) is 2.57. The molecule has 178 valence electrons. The van der Waals surface area contributed by atoms with Crippen molar-refractivity contribution in [2.75, 3.05) is 6.54 Å². The third-order valence-electron chi connectivity index (χ3n) is 6.39. The Morgan fingerprint density at radius 3 is 2.13 bits per heavy atom. The van der Waals surface area contributed by atoms with Crippen molar-refractivity contribution in [1.82, 2.24) is 5.32 Å². The van der Waals surface area contributed by atoms with E-state index in [2.05, 4.69) is 5.32 Å². The summed E-state index contributed by atoms with van der Waals surface area (Å²) in [6, 6.07) is -1.42. The van der Waals surface area contributed by atoms with Crippen LogP contribution in [0.2, 0.25) is 0 Å². The first-order chi connectivity index (χ1) is 13.5. The van der Waals surface area contributed by atoms with E-state index in [-0.39, 0.29) is 19.0 Å². The molecule has 7 atom stereocenters. The van der Waals surface area contributed by atoms with E-state index >= 15 is 0 Å². The first-order valence-corrected chi connectivity index (χ1v) is 10.5. The zero-order chi connectivity index (χ0) is 23.5. The molecule has 1 aliphatic rings. The van der Waals surface area contributed by atoms with Crippen LogP contribution in [-0.2, 0) is 0 Å². The predicted octanol–water partition coefficient (Wildman–Crippen LogP) is 5.05. The van der Waals surface area contributed by atoms with Crippen molar-refractivity contribution in [3.05, 3.63) is 12.2 Å². The minimum absolute atomic E-state index is 0.00629. The van der Waals surface area contributed by atoms with Crippen LogP contribution >= 0.6 is 0 Å². The van der Waals surface area contributed by atoms with E-state index in [0.29, 0.717) is 5.92 Å². The summed E-state index contributed by atoms with van der Waals surface area (Å²) in [5.41, 5.74) is 4.50. The third-order valence-corrected chi connectivity index (χ3v) is 6.39. The Labute approximate surface area is 175 Å². The molecule has 0 bridgehead atoms. The minimum atomic E-state index is -4.60. The van der Waals surface area contributed by atoms with Gasteiger partial charge in [0.25, 0.3) is 0 Å². The highest BCUT2D eigenvalue weighted by molar-refractivity contribution is 5.10. The van der Waals surface area contributed by atoms with Crippen LogP contribution in [0.4, 0.5) is 26.3 Å². The summed E-state index contributed by atoms with van der Waals surface area (Å²) in [6.07, 6.45) is -7.72. The molecule has 9 heteroatoms. The van der Waals surface area contributed by atoms with Crippen LogP contribution in [0.15, 0.2) is 12.2 Å². The van der Waals surface area contributed by atoms with Crippen LogP contribution in [-0.4, -0.2) is 42.2 Å². The molecule has 0 aromatic heterocycles. The van der Waals surface area contributed by atoms with Crippen molar-refractivity contribution in [2.24, 2.45) is 34.8 Å². The van der Waals surface area contributed by atoms with Gasteiger partial charge in [-0.05, 0) is 43.4 Å². The van der Waals surface area contributed by atoms with Crippen LogP contribution in [0.1, 0.15) is 53.9 Å². The van der Waals surface area contributed by atoms with Gasteiger partial charge in [-0.15, -0.1) is 0 Å². The zero-order valence-electron chi connectivity index (χ0n) is 18.3. The second-order valence-electron chi connectivity index (χ2n) is 9.52. The summed E-state index contributed by atoms with van der Waals surface area (Å²) in [6.45, 7) is 8.36. The number of hydrogen-bond acceptors (Lipinski definition) is 3. The molecule has 0 saturated carbocycles. The molecule has 0 aromatic carbocycles. The van der Waals surface area contributed by atoms with Crippen LogP contribution in [0, 0.1) is 29.1 Å². The maximum atomic E-state index is 13.4. The number of nitrogens with two attached hydrogens (primary N) is 1. The van der Waals surface area contributed by atoms with Gasteiger partial charge in [0, 0.05) is 18.6 Å². The van der Waals surface area contributed by atoms with E-state index in [1.165, 1.54) is 13.0 Å². The average molecular weight is 447 g/mol. The lowest BCUT2D eigenvalue weighted by Gasteiger charge is -2.48. The number of aliphatic hydroxyl groups is 1. The number of allylic oxidation sites excluding steroid dienone is 1. The minimum Gasteiger partial charge on any atom is -0.391 e. The fourth-order valence-corrected chi connectivity index (χ4v) is 4.59. The molecular weight excluding hydrogens is 410 g/mol. The number of halogens is 6. The van der Waals surface area contributed by atoms with Gasteiger partial charge in [-0.25, -0.2) is 0 Å². The summed E-state index contributed by atoms with van der Waals surface area (Å²) in [5, 5.41) is 14.0. The van der Waals surface area contributed by atoms with Gasteiger partial charge in [-0.3, -0.25) is 0 Å². The van der Waals surface area contributed by atoms with Crippen molar-refractivity contribution < 1.29 is 31.4 Å². The highest BCUT2D eigenvalue weighted by atomic mass is 19.4. The Balaban J connectivity index is 3.16. The van der Waals surface area contributed by atoms with E-state index < -0.39 is 54.1 Å². The first-order valence-electron chi connectivity index (χ1n) is 10.5. The van der Waals surface area contributed by atoms with E-state index in [9.17, 15) is 31.4 Å². The predicted molar refractivity (Wildman–Crippen MR) is 106 cm³/mol. The van der Waals surface area contributed by atoms with E-state index in [1.54, 1.807) is 0 Å². The molecule has 0 heterocycles. The van der Waals surface area contributed by atoms with Gasteiger partial charge in [-0.1, -0.05) is 39.8 Å². The van der Waals surface area contributed by atoms with Crippen molar-refractivity contribution in [1.29, 1.82) is 0 Å². The Hall–Kier alpha value is -0.800. The third kappa shape index (κ3) is 7.12. The monoisotopic (exact) mass is 446 g/mol. The fourth-order valence-electron chi connectivity index (χ4n) is 4.59. The molecule has 1 aliphatic carbocycles. The van der Waals surface area contributed by atoms with Gasteiger partial charge in [0.2, 0.25) is 0 Å². The smallest absolute Gasteiger partial charge is 0.391 e. The second kappa shape index (κ2) is 10.2. The summed E-state index contributed by atoms with van der Waals surface area (Å²) >= 11 is 0. The van der Waals surface area contributed by atoms with Crippen LogP contribution < -0.4 is 11.1 Å². The molecule has 3 nitrogen and oxygen atoms in total. The lowest BCUT2D eigenvalue weighted by molar-refractivity contribution is -0.194. The highest BCUT2D eigenvalue weighted by Gasteiger charge is 2.54. The van der Waals surface area contributed by atoms with Crippen LogP contribution in [0.5, 0.6) is 0 Å². The van der Waals surface area contributed by atoms with Crippen molar-refractivity contribution in [2.45, 2.75) is 84.4 Å². The van der Waals surface area contributed by atoms with Crippen molar-refractivity contribution in [3.63, 3.8) is 0 Å². The molecule has 0 aliphatic heterocycles. The standard InChI is InChI=1S/C21H36F6N2O/c1-12(2)9-14(4)29-11-17(30)19(5,10-13(3)20(22,23)24)15-7-6-8-16(18(15)28)21(25,26)27/h6,8,12-18,29-30H,7,9-11,28H2,1-5H3. The Kier molecular flexibility index (Phi) is 9.27. The SMILES string of the molecule is CC(C)CC(C)NCC(O)C(C)(CC(C)C(F)(F)F)C1CC=CC(C(F)(F)F)C1N. The second-order valence-corrected chi connectivity index (χ2v) is 9.52. The topological polar surface area (TPSA) is 58.3 Å². The molecular formula is C21H36F6N2O. The summed E-state index contributed by atoms with van der Waals surface area (Å²) in [7, 11) is 0. The van der Waals surface area contributed by atoms with Gasteiger partial charge < -0.3 is 16.2 Å². The fraction of sp³-hybridized carbons (Fsp3) is 0.905. The molecule has 30 heavy (non-hydrogen) atoms. The van der Waals surface area contributed by atoms with E-state index in [1.807, 2.05) is 20.8 Å². The molecule has 0 fully saturated rings. The van der Waals surface area contributed by atoms with Crippen molar-refractivity contribution >= 4 is 0 Å². The number of alkyl halides is 6. The van der Waals surface area contributed by atoms with Crippen LogP contribution in [0.3, 0.4) is 0 Å². The molecule has 4 N–H and O–H groups in total. The Morgan fingerprint density at radius 1 is 1.10 bits per heavy atom. The van der Waals surface area contributed by atoms with Gasteiger partial charge in [-0.2, -0.15) is 26.3 Å². The van der Waals surface area contributed by atoms with Gasteiger partial charge in [0.15, 0.2) is 0 Å². The zero-order valence-corrected chi connectivity index (χ0v) is 18.3. The Bertz CT molecular complexity index is 563. The van der Waals surface area contributed by atoms with Crippen LogP contribution in [0.25, 0.3) is 0 Å². The van der Waals surface area contributed by atoms with Gasteiger partial charge in [0.05, 0.1) is 17.9 Å². The molecule has 1 rings (SSSR count). The highest BCUT2D eigenvalue weighted by Crippen LogP contribution is 2.49. The first kappa shape index (κ1) is 27.2. The van der Waals surface area contributed by atoms with E-state index in [4.69, 9.17) is 5.73 Å². The van der Waals surface area contributed by atoms with Gasteiger partial charge >= 0.3 is 12.4 Å². The summed E-state index contributed by atoms with van der Waals surface area (Å²) in [4.78, 5) is 0. The summed E-state index contributed by atoms with van der Waals surface area (Å²) in [5.74, 6) is -4.30. The normalized spacial score (nSPS) is 28.3. The van der Waals surface area contributed by atoms with Crippen molar-refractivity contribution in [3.8, 4) is 0 Å². The molecule has 0 aromatic rings. The molecule has 0 saturated heterocycles. The van der Waals surface area contributed by atoms with Gasteiger partial charge in [0.1, 0.15) is 0 Å². The maximum absolute atomic E-state index is 13.4. The summed E-state index contributed by atoms with van der Waals surface area (Å²) < 4.78 is 80.1. The number of nitrogens with one attached hydrogen (secondary N) is 1.